The van der Waals surface area contributed by atoms with Gasteiger partial charge in [0, 0.05) is 33.4 Å². The van der Waals surface area contributed by atoms with E-state index in [-0.39, 0.29) is 0 Å². The smallest absolute Gasteiger partial charge is 0.0522 e. The Balaban J connectivity index is 2.45. The summed E-state index contributed by atoms with van der Waals surface area (Å²) in [6, 6.07) is 0. The lowest BCUT2D eigenvalue weighted by Gasteiger charge is -2.25. The van der Waals surface area contributed by atoms with Crippen LogP contribution in [0, 0.1) is 0 Å². The van der Waals surface area contributed by atoms with Gasteiger partial charge in [0.25, 0.3) is 0 Å². The van der Waals surface area contributed by atoms with E-state index in [4.69, 9.17) is 0 Å². The molecule has 2 heteroatoms. The molecule has 2 nitrogen and oxygen atoms in total. The summed E-state index contributed by atoms with van der Waals surface area (Å²) in [5.41, 5.74) is 1.32. The summed E-state index contributed by atoms with van der Waals surface area (Å²) in [7, 11) is 4.27. The Hall–Kier alpha value is -0.920. The number of hydrogen-bond acceptors (Lipinski definition) is 2. The molecule has 0 aliphatic carbocycles. The summed E-state index contributed by atoms with van der Waals surface area (Å²) in [5, 5.41) is 0. The summed E-state index contributed by atoms with van der Waals surface area (Å²) < 4.78 is 0. The zero-order valence-electron chi connectivity index (χ0n) is 8.95. The lowest BCUT2D eigenvalue weighted by molar-refractivity contribution is 0.391. The minimum absolute atomic E-state index is 1.03. The topological polar surface area (TPSA) is 6.48 Å². The van der Waals surface area contributed by atoms with Crippen LogP contribution in [0.5, 0.6) is 0 Å². The molecule has 0 aromatic rings. The number of unbranched alkanes of at least 4 members (excludes halogenated alkanes) is 1. The minimum atomic E-state index is 1.03. The van der Waals surface area contributed by atoms with Gasteiger partial charge in [-0.3, -0.25) is 0 Å². The first kappa shape index (κ1) is 10.2. The standard InChI is InChI=1S/C11H20N2/c1-4-5-9-13(3)11-7-6-8-12(2)10-11/h6-7,10H,4-5,8-9H2,1-3H3. The highest BCUT2D eigenvalue weighted by molar-refractivity contribution is 5.20. The average molecular weight is 180 g/mol. The third-order valence-corrected chi connectivity index (χ3v) is 2.32. The van der Waals surface area contributed by atoms with Crippen molar-refractivity contribution in [2.45, 2.75) is 19.8 Å². The van der Waals surface area contributed by atoms with Crippen molar-refractivity contribution in [1.29, 1.82) is 0 Å². The Morgan fingerprint density at radius 3 is 2.92 bits per heavy atom. The highest BCUT2D eigenvalue weighted by Crippen LogP contribution is 2.10. The molecule has 0 amide bonds. The van der Waals surface area contributed by atoms with Crippen molar-refractivity contribution in [2.75, 3.05) is 27.2 Å². The lowest BCUT2D eigenvalue weighted by atomic mass is 10.2. The molecule has 0 aromatic carbocycles. The summed E-state index contributed by atoms with van der Waals surface area (Å²) in [5.74, 6) is 0. The Morgan fingerprint density at radius 1 is 1.54 bits per heavy atom. The summed E-state index contributed by atoms with van der Waals surface area (Å²) in [6.07, 6.45) is 9.14. The van der Waals surface area contributed by atoms with Gasteiger partial charge in [0.1, 0.15) is 0 Å². The molecule has 1 aliphatic heterocycles. The van der Waals surface area contributed by atoms with Crippen molar-refractivity contribution in [3.05, 3.63) is 24.0 Å². The molecule has 0 saturated heterocycles. The fourth-order valence-corrected chi connectivity index (χ4v) is 1.41. The van der Waals surface area contributed by atoms with Crippen molar-refractivity contribution in [1.82, 2.24) is 9.80 Å². The SMILES string of the molecule is CCCCN(C)C1=CN(C)CC=C1. The van der Waals surface area contributed by atoms with Gasteiger partial charge < -0.3 is 9.80 Å². The van der Waals surface area contributed by atoms with E-state index in [1.165, 1.54) is 18.5 Å². The second-order valence-corrected chi connectivity index (χ2v) is 3.67. The molecule has 0 radical (unpaired) electrons. The maximum atomic E-state index is 2.32. The molecule has 0 unspecified atom stereocenters. The second kappa shape index (κ2) is 4.95. The molecule has 0 aromatic heterocycles. The Kier molecular flexibility index (Phi) is 3.87. The van der Waals surface area contributed by atoms with E-state index in [2.05, 4.69) is 49.2 Å². The van der Waals surface area contributed by atoms with Gasteiger partial charge in [-0.2, -0.15) is 0 Å². The molecule has 1 rings (SSSR count). The highest BCUT2D eigenvalue weighted by Gasteiger charge is 2.04. The van der Waals surface area contributed by atoms with E-state index in [1.54, 1.807) is 0 Å². The lowest BCUT2D eigenvalue weighted by Crippen LogP contribution is -2.23. The van der Waals surface area contributed by atoms with Gasteiger partial charge in [-0.05, 0) is 12.5 Å². The van der Waals surface area contributed by atoms with Crippen LogP contribution in [0.3, 0.4) is 0 Å². The number of rotatable bonds is 4. The molecule has 74 valence electrons. The fourth-order valence-electron chi connectivity index (χ4n) is 1.41. The van der Waals surface area contributed by atoms with Gasteiger partial charge in [0.15, 0.2) is 0 Å². The molecule has 13 heavy (non-hydrogen) atoms. The normalized spacial score (nSPS) is 15.9. The monoisotopic (exact) mass is 180 g/mol. The van der Waals surface area contributed by atoms with Gasteiger partial charge in [-0.15, -0.1) is 0 Å². The van der Waals surface area contributed by atoms with E-state index in [0.29, 0.717) is 0 Å². The maximum Gasteiger partial charge on any atom is 0.0522 e. The van der Waals surface area contributed by atoms with E-state index in [9.17, 15) is 0 Å². The van der Waals surface area contributed by atoms with Crippen LogP contribution in [-0.2, 0) is 0 Å². The van der Waals surface area contributed by atoms with Crippen LogP contribution in [0.2, 0.25) is 0 Å². The van der Waals surface area contributed by atoms with Gasteiger partial charge >= 0.3 is 0 Å². The van der Waals surface area contributed by atoms with Gasteiger partial charge in [-0.25, -0.2) is 0 Å². The Bertz CT molecular complexity index is 206. The molecule has 0 spiro atoms. The zero-order chi connectivity index (χ0) is 9.68. The predicted molar refractivity (Wildman–Crippen MR) is 57.4 cm³/mol. The van der Waals surface area contributed by atoms with E-state index in [1.807, 2.05) is 0 Å². The first-order valence-corrected chi connectivity index (χ1v) is 5.03. The van der Waals surface area contributed by atoms with E-state index >= 15 is 0 Å². The van der Waals surface area contributed by atoms with E-state index in [0.717, 1.165) is 13.1 Å². The molecule has 1 aliphatic rings. The predicted octanol–water partition coefficient (Wildman–Crippen LogP) is 2.06. The summed E-state index contributed by atoms with van der Waals surface area (Å²) in [4.78, 5) is 4.52. The fraction of sp³-hybridized carbons (Fsp3) is 0.636. The third kappa shape index (κ3) is 3.13. The number of likely N-dealkylation sites (N-methyl/N-ethyl adjacent to an activating group) is 2. The first-order valence-electron chi connectivity index (χ1n) is 5.03. The second-order valence-electron chi connectivity index (χ2n) is 3.67. The molecule has 0 atom stereocenters. The number of nitrogens with zero attached hydrogens (tertiary/aromatic N) is 2. The molecule has 0 fully saturated rings. The molecule has 0 N–H and O–H groups in total. The first-order chi connectivity index (χ1) is 6.24. The van der Waals surface area contributed by atoms with Crippen molar-refractivity contribution in [3.63, 3.8) is 0 Å². The third-order valence-electron chi connectivity index (χ3n) is 2.32. The largest absolute Gasteiger partial charge is 0.375 e. The minimum Gasteiger partial charge on any atom is -0.375 e. The van der Waals surface area contributed by atoms with Crippen LogP contribution in [0.4, 0.5) is 0 Å². The van der Waals surface area contributed by atoms with Crippen LogP contribution < -0.4 is 0 Å². The number of allylic oxidation sites excluding steroid dienone is 1. The van der Waals surface area contributed by atoms with Crippen LogP contribution in [-0.4, -0.2) is 37.0 Å². The molecule has 0 saturated carbocycles. The van der Waals surface area contributed by atoms with Crippen LogP contribution in [0.1, 0.15) is 19.8 Å². The highest BCUT2D eigenvalue weighted by atomic mass is 15.1. The van der Waals surface area contributed by atoms with Crippen LogP contribution in [0.25, 0.3) is 0 Å². The Morgan fingerprint density at radius 2 is 2.31 bits per heavy atom. The molecule has 1 heterocycles. The van der Waals surface area contributed by atoms with E-state index < -0.39 is 0 Å². The molecular weight excluding hydrogens is 160 g/mol. The summed E-state index contributed by atoms with van der Waals surface area (Å²) >= 11 is 0. The maximum absolute atomic E-state index is 2.32. The average Bonchev–Trinajstić information content (AvgIpc) is 2.14. The van der Waals surface area contributed by atoms with Crippen molar-refractivity contribution >= 4 is 0 Å². The molecule has 0 bridgehead atoms. The van der Waals surface area contributed by atoms with Gasteiger partial charge in [0.05, 0.1) is 5.70 Å². The zero-order valence-corrected chi connectivity index (χ0v) is 8.95. The van der Waals surface area contributed by atoms with Crippen LogP contribution >= 0.6 is 0 Å². The van der Waals surface area contributed by atoms with Crippen molar-refractivity contribution in [2.24, 2.45) is 0 Å². The molecular formula is C11H20N2. The van der Waals surface area contributed by atoms with Crippen LogP contribution in [0.15, 0.2) is 24.0 Å². The Labute approximate surface area is 81.5 Å². The van der Waals surface area contributed by atoms with Crippen molar-refractivity contribution in [3.8, 4) is 0 Å². The quantitative estimate of drug-likeness (QED) is 0.653. The summed E-state index contributed by atoms with van der Waals surface area (Å²) in [6.45, 7) is 4.41. The number of hydrogen-bond donors (Lipinski definition) is 0. The van der Waals surface area contributed by atoms with Gasteiger partial charge in [0.2, 0.25) is 0 Å². The van der Waals surface area contributed by atoms with Gasteiger partial charge in [-0.1, -0.05) is 19.4 Å². The van der Waals surface area contributed by atoms with Crippen molar-refractivity contribution < 1.29 is 0 Å².